The third kappa shape index (κ3) is 3.03. The number of nitrogens with zero attached hydrogens (tertiary/aromatic N) is 2. The molecule has 0 aliphatic heterocycles. The number of rotatable bonds is 6. The summed E-state index contributed by atoms with van der Waals surface area (Å²) in [5.74, 6) is 0.198. The molecule has 1 N–H and O–H groups in total. The van der Waals surface area contributed by atoms with Crippen molar-refractivity contribution in [2.75, 3.05) is 13.6 Å². The first-order chi connectivity index (χ1) is 10.9. The van der Waals surface area contributed by atoms with E-state index in [1.165, 1.54) is 5.56 Å². The molecule has 0 spiro atoms. The average molecular weight is 311 g/mol. The summed E-state index contributed by atoms with van der Waals surface area (Å²) in [6.07, 6.45) is 6.03. The van der Waals surface area contributed by atoms with Crippen LogP contribution in [0.15, 0.2) is 42.7 Å². The highest BCUT2D eigenvalue weighted by atomic mass is 16.2. The number of nitrogens with one attached hydrogen (secondary N) is 1. The summed E-state index contributed by atoms with van der Waals surface area (Å²) in [5.41, 5.74) is 2.76. The molecular weight excluding hydrogens is 286 g/mol. The molecule has 1 heterocycles. The number of aromatic nitrogens is 2. The lowest BCUT2D eigenvalue weighted by Gasteiger charge is -2.28. The van der Waals surface area contributed by atoms with Gasteiger partial charge in [-0.1, -0.05) is 44.2 Å². The first-order valence-corrected chi connectivity index (χ1v) is 8.22. The molecule has 3 rings (SSSR count). The van der Waals surface area contributed by atoms with Gasteiger partial charge in [-0.2, -0.15) is 5.10 Å². The Morgan fingerprint density at radius 2 is 2.00 bits per heavy atom. The summed E-state index contributed by atoms with van der Waals surface area (Å²) in [7, 11) is 1.93. The maximum atomic E-state index is 12.5. The van der Waals surface area contributed by atoms with E-state index in [-0.39, 0.29) is 16.7 Å². The monoisotopic (exact) mass is 311 g/mol. The Bertz CT molecular complexity index is 663. The molecule has 23 heavy (non-hydrogen) atoms. The Balaban J connectivity index is 1.66. The Morgan fingerprint density at radius 1 is 1.30 bits per heavy atom. The molecule has 1 aliphatic carbocycles. The molecule has 4 heteroatoms. The van der Waals surface area contributed by atoms with Gasteiger partial charge in [0.2, 0.25) is 5.91 Å². The maximum absolute atomic E-state index is 12.5. The molecule has 2 aromatic rings. The van der Waals surface area contributed by atoms with Gasteiger partial charge in [0.25, 0.3) is 0 Å². The normalized spacial score (nSPS) is 21.9. The van der Waals surface area contributed by atoms with E-state index in [1.54, 1.807) is 6.20 Å². The first-order valence-electron chi connectivity index (χ1n) is 8.22. The van der Waals surface area contributed by atoms with Crippen LogP contribution in [0.2, 0.25) is 0 Å². The lowest BCUT2D eigenvalue weighted by molar-refractivity contribution is -0.130. The third-order valence-electron chi connectivity index (χ3n) is 5.36. The van der Waals surface area contributed by atoms with Crippen LogP contribution in [0.25, 0.3) is 0 Å². The van der Waals surface area contributed by atoms with Crippen LogP contribution >= 0.6 is 0 Å². The summed E-state index contributed by atoms with van der Waals surface area (Å²) >= 11 is 0. The lowest BCUT2D eigenvalue weighted by Crippen LogP contribution is -2.36. The van der Waals surface area contributed by atoms with Crippen molar-refractivity contribution in [3.05, 3.63) is 53.9 Å². The largest absolute Gasteiger partial charge is 0.345 e. The number of likely N-dealkylation sites (N-methyl/N-ethyl adjacent to an activating group) is 1. The van der Waals surface area contributed by atoms with Crippen molar-refractivity contribution in [3.8, 4) is 0 Å². The van der Waals surface area contributed by atoms with Crippen LogP contribution in [0.3, 0.4) is 0 Å². The molecule has 1 aliphatic rings. The molecular formula is C19H25N3O. The van der Waals surface area contributed by atoms with E-state index in [1.807, 2.05) is 24.2 Å². The SMILES string of the molecule is CN(C[C@@]1(c2ccccc2)CC1(C)C)C(=O)CCc1cn[nH]c1. The Kier molecular flexibility index (Phi) is 4.00. The van der Waals surface area contributed by atoms with Gasteiger partial charge < -0.3 is 4.90 Å². The van der Waals surface area contributed by atoms with Crippen LogP contribution in [-0.2, 0) is 16.6 Å². The van der Waals surface area contributed by atoms with E-state index in [0.717, 1.165) is 24.9 Å². The molecule has 4 nitrogen and oxygen atoms in total. The number of carbonyl (C=O) groups excluding carboxylic acids is 1. The summed E-state index contributed by atoms with van der Waals surface area (Å²) < 4.78 is 0. The minimum atomic E-state index is 0.0916. The molecule has 0 saturated heterocycles. The van der Waals surface area contributed by atoms with Crippen molar-refractivity contribution < 1.29 is 4.79 Å². The van der Waals surface area contributed by atoms with Crippen LogP contribution < -0.4 is 0 Å². The quantitative estimate of drug-likeness (QED) is 0.891. The average Bonchev–Trinajstić information content (AvgIpc) is 2.92. The van der Waals surface area contributed by atoms with Crippen LogP contribution in [0.1, 0.15) is 37.8 Å². The summed E-state index contributed by atoms with van der Waals surface area (Å²) in [5, 5.41) is 6.71. The summed E-state index contributed by atoms with van der Waals surface area (Å²) in [4.78, 5) is 14.4. The Labute approximate surface area is 137 Å². The van der Waals surface area contributed by atoms with Crippen LogP contribution in [-0.4, -0.2) is 34.6 Å². The molecule has 0 unspecified atom stereocenters. The standard InChI is InChI=1S/C19H25N3O/c1-18(2)13-19(18,16-7-5-4-6-8-16)14-22(3)17(23)10-9-15-11-20-21-12-15/h4-8,11-12H,9-10,13-14H2,1-3H3,(H,20,21)/t19-/m1/s1. The predicted molar refractivity (Wildman–Crippen MR) is 91.1 cm³/mol. The lowest BCUT2D eigenvalue weighted by atomic mass is 9.87. The molecule has 1 saturated carbocycles. The smallest absolute Gasteiger partial charge is 0.222 e. The van der Waals surface area contributed by atoms with E-state index < -0.39 is 0 Å². The molecule has 0 radical (unpaired) electrons. The fourth-order valence-electron chi connectivity index (χ4n) is 3.67. The molecule has 1 atom stereocenters. The van der Waals surface area contributed by atoms with Gasteiger partial charge in [0.05, 0.1) is 6.20 Å². The number of amides is 1. The van der Waals surface area contributed by atoms with Gasteiger partial charge in [-0.25, -0.2) is 0 Å². The minimum absolute atomic E-state index is 0.0916. The second-order valence-electron chi connectivity index (χ2n) is 7.37. The maximum Gasteiger partial charge on any atom is 0.222 e. The van der Waals surface area contributed by atoms with Gasteiger partial charge in [0.1, 0.15) is 0 Å². The first kappa shape index (κ1) is 15.8. The second-order valence-corrected chi connectivity index (χ2v) is 7.37. The highest BCUT2D eigenvalue weighted by molar-refractivity contribution is 5.76. The number of H-pyrrole nitrogens is 1. The Hall–Kier alpha value is -2.10. The molecule has 122 valence electrons. The number of aryl methyl sites for hydroxylation is 1. The number of aromatic amines is 1. The number of benzene rings is 1. The zero-order chi connectivity index (χ0) is 16.5. The van der Waals surface area contributed by atoms with Gasteiger partial charge >= 0.3 is 0 Å². The minimum Gasteiger partial charge on any atom is -0.345 e. The Morgan fingerprint density at radius 3 is 2.57 bits per heavy atom. The zero-order valence-electron chi connectivity index (χ0n) is 14.2. The number of hydrogen-bond acceptors (Lipinski definition) is 2. The zero-order valence-corrected chi connectivity index (χ0v) is 14.2. The van der Waals surface area contributed by atoms with Crippen LogP contribution in [0.5, 0.6) is 0 Å². The third-order valence-corrected chi connectivity index (χ3v) is 5.36. The van der Waals surface area contributed by atoms with Gasteiger partial charge in [0.15, 0.2) is 0 Å². The van der Waals surface area contributed by atoms with Crippen molar-refractivity contribution >= 4 is 5.91 Å². The molecule has 1 fully saturated rings. The van der Waals surface area contributed by atoms with Crippen molar-refractivity contribution in [1.82, 2.24) is 15.1 Å². The fraction of sp³-hybridized carbons (Fsp3) is 0.474. The van der Waals surface area contributed by atoms with E-state index in [0.29, 0.717) is 6.42 Å². The van der Waals surface area contributed by atoms with Crippen LogP contribution in [0, 0.1) is 5.41 Å². The fourth-order valence-corrected chi connectivity index (χ4v) is 3.67. The topological polar surface area (TPSA) is 49.0 Å². The second kappa shape index (κ2) is 5.84. The van der Waals surface area contributed by atoms with Crippen LogP contribution in [0.4, 0.5) is 0 Å². The molecule has 1 aromatic carbocycles. The predicted octanol–water partition coefficient (Wildman–Crippen LogP) is 3.17. The number of hydrogen-bond donors (Lipinski definition) is 1. The molecule has 1 aromatic heterocycles. The summed E-state index contributed by atoms with van der Waals surface area (Å²) in [6, 6.07) is 10.6. The van der Waals surface area contributed by atoms with E-state index >= 15 is 0 Å². The van der Waals surface area contributed by atoms with E-state index in [9.17, 15) is 4.79 Å². The highest BCUT2D eigenvalue weighted by Gasteiger charge is 2.62. The summed E-state index contributed by atoms with van der Waals surface area (Å²) in [6.45, 7) is 5.38. The molecule has 0 bridgehead atoms. The van der Waals surface area contributed by atoms with Gasteiger partial charge in [-0.05, 0) is 29.4 Å². The van der Waals surface area contributed by atoms with E-state index in [2.05, 4.69) is 48.3 Å². The van der Waals surface area contributed by atoms with Gasteiger partial charge in [-0.3, -0.25) is 9.89 Å². The van der Waals surface area contributed by atoms with E-state index in [4.69, 9.17) is 0 Å². The van der Waals surface area contributed by atoms with Crippen molar-refractivity contribution in [2.45, 2.75) is 38.5 Å². The number of carbonyl (C=O) groups is 1. The van der Waals surface area contributed by atoms with Gasteiger partial charge in [0, 0.05) is 31.6 Å². The van der Waals surface area contributed by atoms with Crippen molar-refractivity contribution in [2.24, 2.45) is 5.41 Å². The highest BCUT2D eigenvalue weighted by Crippen LogP contribution is 2.64. The van der Waals surface area contributed by atoms with Gasteiger partial charge in [-0.15, -0.1) is 0 Å². The van der Waals surface area contributed by atoms with Crippen molar-refractivity contribution in [3.63, 3.8) is 0 Å². The van der Waals surface area contributed by atoms with Crippen molar-refractivity contribution in [1.29, 1.82) is 0 Å². The molecule has 1 amide bonds.